The Labute approximate surface area is 115 Å². The van der Waals surface area contributed by atoms with Crippen LogP contribution in [0.1, 0.15) is 15.9 Å². The van der Waals surface area contributed by atoms with E-state index in [1.165, 1.54) is 25.3 Å². The van der Waals surface area contributed by atoms with Crippen molar-refractivity contribution < 1.29 is 18.3 Å². The molecule has 0 saturated heterocycles. The number of amides is 1. The van der Waals surface area contributed by atoms with E-state index in [4.69, 9.17) is 4.74 Å². The molecule has 0 aliphatic heterocycles. The third-order valence-electron chi connectivity index (χ3n) is 2.82. The molecule has 104 valence electrons. The maximum Gasteiger partial charge on any atom is 0.254 e. The van der Waals surface area contributed by atoms with Gasteiger partial charge in [0.1, 0.15) is 17.4 Å². The standard InChI is InChI=1S/C15H13F2NO2/c1-20-11-6-7-12(14(17)8-11)15(19)18-9-10-4-2-3-5-13(10)16/h2-8H,9H2,1H3,(H,18,19). The summed E-state index contributed by atoms with van der Waals surface area (Å²) in [6.45, 7) is -0.00300. The Morgan fingerprint density at radius 1 is 1.15 bits per heavy atom. The highest BCUT2D eigenvalue weighted by Crippen LogP contribution is 2.16. The second-order valence-electron chi connectivity index (χ2n) is 4.12. The summed E-state index contributed by atoms with van der Waals surface area (Å²) in [7, 11) is 1.41. The normalized spacial score (nSPS) is 10.2. The van der Waals surface area contributed by atoms with Gasteiger partial charge in [-0.25, -0.2) is 8.78 Å². The third-order valence-corrected chi connectivity index (χ3v) is 2.82. The van der Waals surface area contributed by atoms with E-state index in [9.17, 15) is 13.6 Å². The number of hydrogen-bond donors (Lipinski definition) is 1. The van der Waals surface area contributed by atoms with Gasteiger partial charge in [0.05, 0.1) is 12.7 Å². The average molecular weight is 277 g/mol. The van der Waals surface area contributed by atoms with E-state index in [1.54, 1.807) is 18.2 Å². The zero-order chi connectivity index (χ0) is 14.5. The summed E-state index contributed by atoms with van der Waals surface area (Å²) in [5, 5.41) is 2.47. The van der Waals surface area contributed by atoms with Crippen molar-refractivity contribution in [2.45, 2.75) is 6.54 Å². The molecular weight excluding hydrogens is 264 g/mol. The van der Waals surface area contributed by atoms with Gasteiger partial charge in [-0.15, -0.1) is 0 Å². The maximum atomic E-state index is 13.7. The molecule has 0 aliphatic rings. The van der Waals surface area contributed by atoms with Crippen molar-refractivity contribution in [3.05, 3.63) is 65.2 Å². The van der Waals surface area contributed by atoms with Gasteiger partial charge in [-0.1, -0.05) is 18.2 Å². The number of carbonyl (C=O) groups excluding carboxylic acids is 1. The molecule has 0 aliphatic carbocycles. The van der Waals surface area contributed by atoms with Crippen LogP contribution in [-0.4, -0.2) is 13.0 Å². The van der Waals surface area contributed by atoms with Crippen LogP contribution in [0.15, 0.2) is 42.5 Å². The van der Waals surface area contributed by atoms with Gasteiger partial charge in [-0.2, -0.15) is 0 Å². The van der Waals surface area contributed by atoms with Crippen LogP contribution in [-0.2, 0) is 6.54 Å². The fourth-order valence-corrected chi connectivity index (χ4v) is 1.72. The monoisotopic (exact) mass is 277 g/mol. The first-order valence-corrected chi connectivity index (χ1v) is 5.97. The molecule has 0 saturated carbocycles. The Bertz CT molecular complexity index is 629. The van der Waals surface area contributed by atoms with Crippen LogP contribution in [0.4, 0.5) is 8.78 Å². The Hall–Kier alpha value is -2.43. The minimum absolute atomic E-state index is 0.00300. The van der Waals surface area contributed by atoms with Crippen molar-refractivity contribution in [1.82, 2.24) is 5.32 Å². The maximum absolute atomic E-state index is 13.7. The molecule has 1 N–H and O–H groups in total. The van der Waals surface area contributed by atoms with Gasteiger partial charge in [-0.3, -0.25) is 4.79 Å². The van der Waals surface area contributed by atoms with E-state index in [-0.39, 0.29) is 12.1 Å². The van der Waals surface area contributed by atoms with E-state index in [1.807, 2.05) is 0 Å². The first-order valence-electron chi connectivity index (χ1n) is 5.97. The summed E-state index contributed by atoms with van der Waals surface area (Å²) in [5.74, 6) is -1.38. The molecule has 2 aromatic rings. The van der Waals surface area contributed by atoms with Crippen molar-refractivity contribution in [2.75, 3.05) is 7.11 Å². The summed E-state index contributed by atoms with van der Waals surface area (Å²) < 4.78 is 31.9. The second-order valence-corrected chi connectivity index (χ2v) is 4.12. The fraction of sp³-hybridized carbons (Fsp3) is 0.133. The lowest BCUT2D eigenvalue weighted by molar-refractivity contribution is 0.0946. The van der Waals surface area contributed by atoms with Crippen molar-refractivity contribution in [2.24, 2.45) is 0 Å². The van der Waals surface area contributed by atoms with Gasteiger partial charge in [0.25, 0.3) is 5.91 Å². The molecule has 0 radical (unpaired) electrons. The van der Waals surface area contributed by atoms with Gasteiger partial charge in [0.15, 0.2) is 0 Å². The topological polar surface area (TPSA) is 38.3 Å². The molecule has 0 bridgehead atoms. The first kappa shape index (κ1) is 14.0. The summed E-state index contributed by atoms with van der Waals surface area (Å²) in [4.78, 5) is 11.8. The van der Waals surface area contributed by atoms with Crippen molar-refractivity contribution in [1.29, 1.82) is 0 Å². The van der Waals surface area contributed by atoms with Crippen molar-refractivity contribution in [3.63, 3.8) is 0 Å². The van der Waals surface area contributed by atoms with Gasteiger partial charge < -0.3 is 10.1 Å². The third kappa shape index (κ3) is 3.12. The highest BCUT2D eigenvalue weighted by molar-refractivity contribution is 5.94. The highest BCUT2D eigenvalue weighted by Gasteiger charge is 2.12. The predicted molar refractivity (Wildman–Crippen MR) is 70.5 cm³/mol. The lowest BCUT2D eigenvalue weighted by Gasteiger charge is -2.08. The van der Waals surface area contributed by atoms with Crippen LogP contribution in [0, 0.1) is 11.6 Å². The van der Waals surface area contributed by atoms with Crippen LogP contribution in [0.3, 0.4) is 0 Å². The summed E-state index contributed by atoms with van der Waals surface area (Å²) in [6, 6.07) is 10.0. The van der Waals surface area contributed by atoms with E-state index >= 15 is 0 Å². The van der Waals surface area contributed by atoms with Crippen LogP contribution in [0.5, 0.6) is 5.75 Å². The number of nitrogens with one attached hydrogen (secondary N) is 1. The second kappa shape index (κ2) is 6.14. The molecule has 2 rings (SSSR count). The number of ether oxygens (including phenoxy) is 1. The predicted octanol–water partition coefficient (Wildman–Crippen LogP) is 2.90. The minimum atomic E-state index is -0.685. The number of benzene rings is 2. The average Bonchev–Trinajstić information content (AvgIpc) is 2.46. The first-order chi connectivity index (χ1) is 9.61. The molecule has 2 aromatic carbocycles. The Balaban J connectivity index is 2.07. The number of halogens is 2. The van der Waals surface area contributed by atoms with E-state index < -0.39 is 17.5 Å². The van der Waals surface area contributed by atoms with E-state index in [2.05, 4.69) is 5.32 Å². The van der Waals surface area contributed by atoms with Gasteiger partial charge in [0, 0.05) is 18.2 Å². The molecular formula is C15H13F2NO2. The molecule has 0 aromatic heterocycles. The number of carbonyl (C=O) groups is 1. The Morgan fingerprint density at radius 3 is 2.55 bits per heavy atom. The molecule has 3 nitrogen and oxygen atoms in total. The number of rotatable bonds is 4. The Kier molecular flexibility index (Phi) is 4.30. The summed E-state index contributed by atoms with van der Waals surface area (Å²) in [6.07, 6.45) is 0. The van der Waals surface area contributed by atoms with Crippen LogP contribution < -0.4 is 10.1 Å². The molecule has 0 atom stereocenters. The molecule has 0 unspecified atom stereocenters. The van der Waals surface area contributed by atoms with Gasteiger partial charge in [-0.05, 0) is 18.2 Å². The minimum Gasteiger partial charge on any atom is -0.497 e. The van der Waals surface area contributed by atoms with E-state index in [0.29, 0.717) is 11.3 Å². The van der Waals surface area contributed by atoms with E-state index in [0.717, 1.165) is 6.07 Å². The smallest absolute Gasteiger partial charge is 0.254 e. The highest BCUT2D eigenvalue weighted by atomic mass is 19.1. The van der Waals surface area contributed by atoms with Crippen molar-refractivity contribution >= 4 is 5.91 Å². The lowest BCUT2D eigenvalue weighted by atomic mass is 10.1. The molecule has 0 fully saturated rings. The quantitative estimate of drug-likeness (QED) is 0.933. The molecule has 0 spiro atoms. The largest absolute Gasteiger partial charge is 0.497 e. The Morgan fingerprint density at radius 2 is 1.90 bits per heavy atom. The van der Waals surface area contributed by atoms with Gasteiger partial charge in [0.2, 0.25) is 0 Å². The molecule has 1 amide bonds. The zero-order valence-corrected chi connectivity index (χ0v) is 10.8. The van der Waals surface area contributed by atoms with Crippen LogP contribution in [0.25, 0.3) is 0 Å². The lowest BCUT2D eigenvalue weighted by Crippen LogP contribution is -2.24. The summed E-state index contributed by atoms with van der Waals surface area (Å²) in [5.41, 5.74) is 0.233. The number of hydrogen-bond acceptors (Lipinski definition) is 2. The van der Waals surface area contributed by atoms with Gasteiger partial charge >= 0.3 is 0 Å². The molecule has 5 heteroatoms. The fourth-order valence-electron chi connectivity index (χ4n) is 1.72. The van der Waals surface area contributed by atoms with Crippen LogP contribution >= 0.6 is 0 Å². The SMILES string of the molecule is COc1ccc(C(=O)NCc2ccccc2F)c(F)c1. The molecule has 0 heterocycles. The number of methoxy groups -OCH3 is 1. The van der Waals surface area contributed by atoms with Crippen molar-refractivity contribution in [3.8, 4) is 5.75 Å². The van der Waals surface area contributed by atoms with Crippen LogP contribution in [0.2, 0.25) is 0 Å². The molecule has 20 heavy (non-hydrogen) atoms. The summed E-state index contributed by atoms with van der Waals surface area (Å²) >= 11 is 0. The zero-order valence-electron chi connectivity index (χ0n) is 10.8.